The van der Waals surface area contributed by atoms with Crippen LogP contribution in [0.2, 0.25) is 5.02 Å². The van der Waals surface area contributed by atoms with Crippen molar-refractivity contribution < 1.29 is 22.7 Å². The second-order valence-corrected chi connectivity index (χ2v) is 8.44. The molecule has 0 radical (unpaired) electrons. The van der Waals surface area contributed by atoms with E-state index < -0.39 is 22.1 Å². The molecule has 0 saturated carbocycles. The number of Topliss-reactive ketones (excluding diaryl/α,β-unsaturated/α-hetero) is 1. The summed E-state index contributed by atoms with van der Waals surface area (Å²) in [7, 11) is -3.79. The highest BCUT2D eigenvalue weighted by Gasteiger charge is 2.28. The molecule has 1 aromatic rings. The van der Waals surface area contributed by atoms with Crippen LogP contribution in [0.1, 0.15) is 49.9 Å². The standard InChI is InChI=1S/C17H22ClNO5S/c1-12(20)13(2)24-17(21)14-7-8-15(18)16(11-14)25(22,23)19-9-5-3-4-6-10-19/h7-8,11,13H,3-6,9-10H2,1-2H3/t13-/m0/s1. The van der Waals surface area contributed by atoms with Crippen LogP contribution >= 0.6 is 11.6 Å². The van der Waals surface area contributed by atoms with Crippen molar-refractivity contribution in [2.24, 2.45) is 0 Å². The molecule has 8 heteroatoms. The van der Waals surface area contributed by atoms with Gasteiger partial charge in [0, 0.05) is 13.1 Å². The normalized spacial score (nSPS) is 17.6. The third kappa shape index (κ3) is 4.80. The van der Waals surface area contributed by atoms with Gasteiger partial charge in [-0.25, -0.2) is 13.2 Å². The van der Waals surface area contributed by atoms with Gasteiger partial charge in [0.1, 0.15) is 4.90 Å². The van der Waals surface area contributed by atoms with Gasteiger partial charge in [-0.2, -0.15) is 4.31 Å². The minimum atomic E-state index is -3.79. The summed E-state index contributed by atoms with van der Waals surface area (Å²) in [5.74, 6) is -1.05. The molecule has 0 unspecified atom stereocenters. The zero-order chi connectivity index (χ0) is 18.6. The molecule has 1 heterocycles. The Labute approximate surface area is 153 Å². The average Bonchev–Trinajstić information content (AvgIpc) is 2.84. The van der Waals surface area contributed by atoms with Gasteiger partial charge in [-0.15, -0.1) is 0 Å². The summed E-state index contributed by atoms with van der Waals surface area (Å²) in [4.78, 5) is 23.3. The molecule has 0 aromatic heterocycles. The molecular weight excluding hydrogens is 366 g/mol. The summed E-state index contributed by atoms with van der Waals surface area (Å²) in [6.07, 6.45) is 2.70. The fraction of sp³-hybridized carbons (Fsp3) is 0.529. The van der Waals surface area contributed by atoms with Gasteiger partial charge in [0.05, 0.1) is 10.6 Å². The Morgan fingerprint density at radius 2 is 1.76 bits per heavy atom. The van der Waals surface area contributed by atoms with Crippen LogP contribution < -0.4 is 0 Å². The van der Waals surface area contributed by atoms with Gasteiger partial charge < -0.3 is 4.74 Å². The van der Waals surface area contributed by atoms with Crippen molar-refractivity contribution in [3.63, 3.8) is 0 Å². The lowest BCUT2D eigenvalue weighted by molar-refractivity contribution is -0.124. The number of carbonyl (C=O) groups excluding carboxylic acids is 2. The quantitative estimate of drug-likeness (QED) is 0.725. The monoisotopic (exact) mass is 387 g/mol. The lowest BCUT2D eigenvalue weighted by Crippen LogP contribution is -2.32. The molecule has 1 aliphatic rings. The Balaban J connectivity index is 2.31. The summed E-state index contributed by atoms with van der Waals surface area (Å²) in [5.41, 5.74) is 0.0471. The van der Waals surface area contributed by atoms with Crippen molar-refractivity contribution in [2.45, 2.75) is 50.5 Å². The Morgan fingerprint density at radius 1 is 1.16 bits per heavy atom. The summed E-state index contributed by atoms with van der Waals surface area (Å²) in [6, 6.07) is 3.97. The summed E-state index contributed by atoms with van der Waals surface area (Å²) in [5, 5.41) is 0.0559. The molecule has 2 rings (SSSR count). The van der Waals surface area contributed by atoms with Crippen LogP contribution in [0.3, 0.4) is 0 Å². The number of nitrogens with zero attached hydrogens (tertiary/aromatic N) is 1. The van der Waals surface area contributed by atoms with Crippen molar-refractivity contribution in [3.8, 4) is 0 Å². The highest BCUT2D eigenvalue weighted by atomic mass is 35.5. The van der Waals surface area contributed by atoms with Gasteiger partial charge in [0.25, 0.3) is 0 Å². The van der Waals surface area contributed by atoms with Crippen LogP contribution in [0, 0.1) is 0 Å². The van der Waals surface area contributed by atoms with E-state index in [9.17, 15) is 18.0 Å². The first-order valence-corrected chi connectivity index (χ1v) is 10.1. The Morgan fingerprint density at radius 3 is 2.32 bits per heavy atom. The van der Waals surface area contributed by atoms with Crippen molar-refractivity contribution in [3.05, 3.63) is 28.8 Å². The van der Waals surface area contributed by atoms with E-state index in [1.54, 1.807) is 0 Å². The van der Waals surface area contributed by atoms with Gasteiger partial charge in [-0.05, 0) is 44.9 Å². The molecule has 0 amide bonds. The van der Waals surface area contributed by atoms with E-state index in [4.69, 9.17) is 16.3 Å². The highest BCUT2D eigenvalue weighted by Crippen LogP contribution is 2.28. The third-order valence-electron chi connectivity index (χ3n) is 4.21. The Kier molecular flexibility index (Phi) is 6.59. The number of sulfonamides is 1. The first-order valence-electron chi connectivity index (χ1n) is 8.24. The third-order valence-corrected chi connectivity index (χ3v) is 6.59. The minimum Gasteiger partial charge on any atom is -0.451 e. The molecule has 1 fully saturated rings. The number of benzene rings is 1. The van der Waals surface area contributed by atoms with Crippen LogP contribution in [0.15, 0.2) is 23.1 Å². The number of ether oxygens (including phenoxy) is 1. The fourth-order valence-electron chi connectivity index (χ4n) is 2.56. The number of hydrogen-bond donors (Lipinski definition) is 0. The molecule has 0 aliphatic carbocycles. The maximum Gasteiger partial charge on any atom is 0.338 e. The number of rotatable bonds is 5. The van der Waals surface area contributed by atoms with Crippen LogP contribution in [0.4, 0.5) is 0 Å². The molecule has 0 N–H and O–H groups in total. The van der Waals surface area contributed by atoms with Gasteiger partial charge in [0.2, 0.25) is 10.0 Å². The lowest BCUT2D eigenvalue weighted by Gasteiger charge is -2.21. The Bertz CT molecular complexity index is 754. The van der Waals surface area contributed by atoms with Crippen LogP contribution in [0.5, 0.6) is 0 Å². The van der Waals surface area contributed by atoms with Gasteiger partial charge in [-0.1, -0.05) is 24.4 Å². The van der Waals surface area contributed by atoms with Crippen LogP contribution in [-0.2, 0) is 19.6 Å². The van der Waals surface area contributed by atoms with Gasteiger partial charge >= 0.3 is 5.97 Å². The summed E-state index contributed by atoms with van der Waals surface area (Å²) in [6.45, 7) is 3.66. The van der Waals surface area contributed by atoms with E-state index >= 15 is 0 Å². The zero-order valence-electron chi connectivity index (χ0n) is 14.3. The molecule has 138 valence electrons. The topological polar surface area (TPSA) is 80.8 Å². The van der Waals surface area contributed by atoms with E-state index in [1.807, 2.05) is 0 Å². The SMILES string of the molecule is CC(=O)[C@H](C)OC(=O)c1ccc(Cl)c(S(=O)(=O)N2CCCCCC2)c1. The summed E-state index contributed by atoms with van der Waals surface area (Å²) < 4.78 is 32.2. The van der Waals surface area contributed by atoms with Crippen molar-refractivity contribution in [2.75, 3.05) is 13.1 Å². The lowest BCUT2D eigenvalue weighted by atomic mass is 10.2. The first kappa shape index (κ1) is 19.9. The molecule has 25 heavy (non-hydrogen) atoms. The number of halogens is 1. The number of hydrogen-bond acceptors (Lipinski definition) is 5. The van der Waals surface area contributed by atoms with E-state index in [-0.39, 0.29) is 21.3 Å². The predicted octanol–water partition coefficient (Wildman–Crippen LogP) is 3.04. The zero-order valence-corrected chi connectivity index (χ0v) is 15.9. The molecule has 1 aromatic carbocycles. The largest absolute Gasteiger partial charge is 0.451 e. The first-order chi connectivity index (χ1) is 11.7. The van der Waals surface area contributed by atoms with E-state index in [0.29, 0.717) is 13.1 Å². The molecule has 0 spiro atoms. The second kappa shape index (κ2) is 8.29. The van der Waals surface area contributed by atoms with E-state index in [2.05, 4.69) is 0 Å². The van der Waals surface area contributed by atoms with Crippen LogP contribution in [-0.4, -0.2) is 43.7 Å². The molecule has 6 nitrogen and oxygen atoms in total. The van der Waals surface area contributed by atoms with Crippen LogP contribution in [0.25, 0.3) is 0 Å². The highest BCUT2D eigenvalue weighted by molar-refractivity contribution is 7.89. The second-order valence-electron chi connectivity index (χ2n) is 6.12. The smallest absolute Gasteiger partial charge is 0.338 e. The molecular formula is C17H22ClNO5S. The maximum atomic E-state index is 12.9. The van der Waals surface area contributed by atoms with Gasteiger partial charge in [0.15, 0.2) is 11.9 Å². The maximum absolute atomic E-state index is 12.9. The molecule has 1 atom stereocenters. The van der Waals surface area contributed by atoms with E-state index in [1.165, 1.54) is 36.4 Å². The number of carbonyl (C=O) groups is 2. The summed E-state index contributed by atoms with van der Waals surface area (Å²) >= 11 is 6.09. The molecule has 0 bridgehead atoms. The van der Waals surface area contributed by atoms with E-state index in [0.717, 1.165) is 25.7 Å². The minimum absolute atomic E-state index is 0.0471. The number of ketones is 1. The fourth-order valence-corrected chi connectivity index (χ4v) is 4.58. The van der Waals surface area contributed by atoms with Crippen molar-refractivity contribution in [1.29, 1.82) is 0 Å². The number of esters is 1. The molecule has 1 saturated heterocycles. The average molecular weight is 388 g/mol. The van der Waals surface area contributed by atoms with Crippen molar-refractivity contribution in [1.82, 2.24) is 4.31 Å². The molecule has 1 aliphatic heterocycles. The Hall–Kier alpha value is -1.44. The van der Waals surface area contributed by atoms with Crippen molar-refractivity contribution >= 4 is 33.4 Å². The predicted molar refractivity (Wildman–Crippen MR) is 94.2 cm³/mol. The van der Waals surface area contributed by atoms with Gasteiger partial charge in [-0.3, -0.25) is 4.79 Å².